The van der Waals surface area contributed by atoms with Crippen LogP contribution in [0.4, 0.5) is 4.79 Å². The zero-order valence-electron chi connectivity index (χ0n) is 13.5. The highest BCUT2D eigenvalue weighted by molar-refractivity contribution is 5.74. The molecule has 3 N–H and O–H groups in total. The van der Waals surface area contributed by atoms with Gasteiger partial charge in [-0.2, -0.15) is 0 Å². The van der Waals surface area contributed by atoms with Crippen molar-refractivity contribution in [2.45, 2.75) is 51.6 Å². The first-order chi connectivity index (χ1) is 10.6. The average molecular weight is 305 g/mol. The van der Waals surface area contributed by atoms with E-state index in [2.05, 4.69) is 29.5 Å². The summed E-state index contributed by atoms with van der Waals surface area (Å²) < 4.78 is 0. The molecular weight excluding hydrogens is 278 g/mol. The Morgan fingerprint density at radius 2 is 2.14 bits per heavy atom. The first kappa shape index (κ1) is 16.7. The van der Waals surface area contributed by atoms with Gasteiger partial charge in [0.25, 0.3) is 0 Å². The zero-order valence-corrected chi connectivity index (χ0v) is 13.5. The maximum atomic E-state index is 12.3. The van der Waals surface area contributed by atoms with E-state index in [1.807, 2.05) is 18.2 Å². The lowest BCUT2D eigenvalue weighted by molar-refractivity contribution is 0.152. The van der Waals surface area contributed by atoms with E-state index in [1.54, 1.807) is 6.20 Å². The molecule has 0 spiro atoms. The minimum atomic E-state index is -0.172. The van der Waals surface area contributed by atoms with Gasteiger partial charge in [0.05, 0.1) is 11.7 Å². The quantitative estimate of drug-likeness (QED) is 0.783. The van der Waals surface area contributed by atoms with Gasteiger partial charge in [0.1, 0.15) is 0 Å². The summed E-state index contributed by atoms with van der Waals surface area (Å²) in [6, 6.07) is 5.51. The van der Waals surface area contributed by atoms with Gasteiger partial charge in [0.15, 0.2) is 0 Å². The second-order valence-electron chi connectivity index (χ2n) is 6.43. The highest BCUT2D eigenvalue weighted by Gasteiger charge is 2.27. The maximum absolute atomic E-state index is 12.3. The van der Waals surface area contributed by atoms with Crippen LogP contribution in [0.25, 0.3) is 0 Å². The molecule has 2 amide bonds. The molecule has 0 aromatic carbocycles. The van der Waals surface area contributed by atoms with E-state index in [0.717, 1.165) is 31.4 Å². The Balaban J connectivity index is 1.96. The van der Waals surface area contributed by atoms with Gasteiger partial charge in [0.2, 0.25) is 0 Å². The third kappa shape index (κ3) is 4.44. The second-order valence-corrected chi connectivity index (χ2v) is 6.43. The molecule has 1 saturated carbocycles. The summed E-state index contributed by atoms with van der Waals surface area (Å²) >= 11 is 0. The third-order valence-electron chi connectivity index (χ3n) is 4.42. The topological polar surface area (TPSA) is 74.2 Å². The third-order valence-corrected chi connectivity index (χ3v) is 4.42. The largest absolute Gasteiger partial charge is 0.396 e. The fourth-order valence-corrected chi connectivity index (χ4v) is 3.11. The van der Waals surface area contributed by atoms with Crippen LogP contribution in [0.3, 0.4) is 0 Å². The number of nitrogens with zero attached hydrogens (tertiary/aromatic N) is 1. The van der Waals surface area contributed by atoms with Crippen molar-refractivity contribution in [1.29, 1.82) is 0 Å². The van der Waals surface area contributed by atoms with Crippen molar-refractivity contribution in [3.05, 3.63) is 30.1 Å². The van der Waals surface area contributed by atoms with Gasteiger partial charge in [-0.1, -0.05) is 32.8 Å². The monoisotopic (exact) mass is 305 g/mol. The molecule has 2 rings (SSSR count). The Hall–Kier alpha value is -1.62. The summed E-state index contributed by atoms with van der Waals surface area (Å²) in [7, 11) is 0. The summed E-state index contributed by atoms with van der Waals surface area (Å²) in [4.78, 5) is 16.7. The fraction of sp³-hybridized carbons (Fsp3) is 0.647. The van der Waals surface area contributed by atoms with Crippen LogP contribution in [-0.2, 0) is 0 Å². The van der Waals surface area contributed by atoms with Crippen molar-refractivity contribution >= 4 is 6.03 Å². The van der Waals surface area contributed by atoms with Crippen molar-refractivity contribution in [1.82, 2.24) is 15.6 Å². The van der Waals surface area contributed by atoms with Crippen LogP contribution >= 0.6 is 0 Å². The molecule has 5 heteroatoms. The molecule has 5 nitrogen and oxygen atoms in total. The number of hydrogen-bond acceptors (Lipinski definition) is 3. The van der Waals surface area contributed by atoms with Crippen LogP contribution in [0.2, 0.25) is 0 Å². The van der Waals surface area contributed by atoms with Gasteiger partial charge in [-0.25, -0.2) is 4.79 Å². The van der Waals surface area contributed by atoms with E-state index in [9.17, 15) is 9.90 Å². The number of amides is 2. The Labute approximate surface area is 132 Å². The minimum Gasteiger partial charge on any atom is -0.396 e. The normalized spacial score (nSPS) is 23.1. The average Bonchev–Trinajstić information content (AvgIpc) is 2.53. The number of hydrogen-bond donors (Lipinski definition) is 3. The van der Waals surface area contributed by atoms with Crippen molar-refractivity contribution in [3.63, 3.8) is 0 Å². The molecule has 1 aromatic heterocycles. The lowest BCUT2D eigenvalue weighted by Gasteiger charge is -2.32. The van der Waals surface area contributed by atoms with E-state index in [4.69, 9.17) is 0 Å². The van der Waals surface area contributed by atoms with Gasteiger partial charge in [0, 0.05) is 24.8 Å². The van der Waals surface area contributed by atoms with Crippen LogP contribution in [0, 0.1) is 11.8 Å². The zero-order chi connectivity index (χ0) is 15.9. The molecule has 1 heterocycles. The van der Waals surface area contributed by atoms with Crippen molar-refractivity contribution in [3.8, 4) is 0 Å². The number of carbonyl (C=O) groups is 1. The van der Waals surface area contributed by atoms with Gasteiger partial charge in [-0.3, -0.25) is 4.98 Å². The van der Waals surface area contributed by atoms with E-state index >= 15 is 0 Å². The van der Waals surface area contributed by atoms with Crippen LogP contribution < -0.4 is 10.6 Å². The SMILES string of the molecule is CC(C)[C@H](NC(=O)N[C@H]1CCCC[C@@H]1CO)c1ccccn1. The van der Waals surface area contributed by atoms with Gasteiger partial charge >= 0.3 is 6.03 Å². The van der Waals surface area contributed by atoms with E-state index in [-0.39, 0.29) is 36.6 Å². The molecule has 1 aromatic rings. The first-order valence-electron chi connectivity index (χ1n) is 8.20. The summed E-state index contributed by atoms with van der Waals surface area (Å²) in [5.74, 6) is 0.424. The Bertz CT molecular complexity index is 464. The number of aliphatic hydroxyl groups excluding tert-OH is 1. The lowest BCUT2D eigenvalue weighted by atomic mass is 9.85. The molecule has 22 heavy (non-hydrogen) atoms. The molecule has 0 unspecified atom stereocenters. The minimum absolute atomic E-state index is 0.0651. The highest BCUT2D eigenvalue weighted by Crippen LogP contribution is 2.24. The molecule has 0 saturated heterocycles. The number of pyridine rings is 1. The molecule has 1 fully saturated rings. The maximum Gasteiger partial charge on any atom is 0.315 e. The Morgan fingerprint density at radius 3 is 2.77 bits per heavy atom. The number of carbonyl (C=O) groups excluding carboxylic acids is 1. The Kier molecular flexibility index (Phi) is 6.19. The molecule has 3 atom stereocenters. The fourth-order valence-electron chi connectivity index (χ4n) is 3.11. The summed E-state index contributed by atoms with van der Waals surface area (Å²) in [6.45, 7) is 4.27. The van der Waals surface area contributed by atoms with Gasteiger partial charge < -0.3 is 15.7 Å². The van der Waals surface area contributed by atoms with Crippen LogP contribution in [0.15, 0.2) is 24.4 Å². The molecule has 0 radical (unpaired) electrons. The molecular formula is C17H27N3O2. The van der Waals surface area contributed by atoms with Crippen molar-refractivity contribution in [2.75, 3.05) is 6.61 Å². The van der Waals surface area contributed by atoms with Gasteiger partial charge in [-0.05, 0) is 30.9 Å². The smallest absolute Gasteiger partial charge is 0.315 e. The predicted molar refractivity (Wildman–Crippen MR) is 86.3 cm³/mol. The van der Waals surface area contributed by atoms with Crippen LogP contribution in [0.5, 0.6) is 0 Å². The number of nitrogens with one attached hydrogen (secondary N) is 2. The molecule has 122 valence electrons. The van der Waals surface area contributed by atoms with E-state index < -0.39 is 0 Å². The predicted octanol–water partition coefficient (Wildman–Crippen LogP) is 2.63. The van der Waals surface area contributed by atoms with E-state index in [0.29, 0.717) is 0 Å². The van der Waals surface area contributed by atoms with Crippen LogP contribution in [-0.4, -0.2) is 28.8 Å². The number of urea groups is 1. The Morgan fingerprint density at radius 1 is 1.36 bits per heavy atom. The standard InChI is InChI=1S/C17H27N3O2/c1-12(2)16(15-9-5-6-10-18-15)20-17(22)19-14-8-4-3-7-13(14)11-21/h5-6,9-10,12-14,16,21H,3-4,7-8,11H2,1-2H3,(H2,19,20,22)/t13-,14+,16+/m1/s1. The number of rotatable bonds is 5. The molecule has 1 aliphatic carbocycles. The molecule has 0 bridgehead atoms. The summed E-state index contributed by atoms with van der Waals surface area (Å²) in [6.07, 6.45) is 5.90. The number of aliphatic hydroxyl groups is 1. The van der Waals surface area contributed by atoms with Crippen molar-refractivity contribution < 1.29 is 9.90 Å². The second kappa shape index (κ2) is 8.13. The molecule has 1 aliphatic rings. The van der Waals surface area contributed by atoms with Gasteiger partial charge in [-0.15, -0.1) is 0 Å². The van der Waals surface area contributed by atoms with E-state index in [1.165, 1.54) is 0 Å². The first-order valence-corrected chi connectivity index (χ1v) is 8.20. The highest BCUT2D eigenvalue weighted by atomic mass is 16.3. The van der Waals surface area contributed by atoms with Crippen molar-refractivity contribution in [2.24, 2.45) is 11.8 Å². The summed E-state index contributed by atoms with van der Waals surface area (Å²) in [5.41, 5.74) is 0.870. The van der Waals surface area contributed by atoms with Crippen LogP contribution in [0.1, 0.15) is 51.3 Å². The number of aromatic nitrogens is 1. The molecule has 0 aliphatic heterocycles. The lowest BCUT2D eigenvalue weighted by Crippen LogP contribution is -2.49. The summed E-state index contributed by atoms with van der Waals surface area (Å²) in [5, 5.41) is 15.5.